The molecule has 0 saturated carbocycles. The van der Waals surface area contributed by atoms with Crippen molar-refractivity contribution in [1.29, 1.82) is 5.26 Å². The second-order valence-electron chi connectivity index (χ2n) is 4.97. The first-order valence-electron chi connectivity index (χ1n) is 6.15. The quantitative estimate of drug-likeness (QED) is 0.903. The lowest BCUT2D eigenvalue weighted by atomic mass is 9.96. The Morgan fingerprint density at radius 2 is 2.14 bits per heavy atom. The van der Waals surface area contributed by atoms with Crippen LogP contribution in [-0.4, -0.2) is 35.3 Å². The number of aliphatic carboxylic acids is 1. The minimum absolute atomic E-state index is 0.199. The fourth-order valence-corrected chi connectivity index (χ4v) is 2.45. The molecule has 0 spiro atoms. The molecular weight excluding hydrogens is 287 g/mol. The van der Waals surface area contributed by atoms with Gasteiger partial charge in [-0.3, -0.25) is 4.79 Å². The highest BCUT2D eigenvalue weighted by atomic mass is 19.4. The van der Waals surface area contributed by atoms with Gasteiger partial charge in [-0.1, -0.05) is 0 Å². The molecular formula is C13H12F3N3O2. The van der Waals surface area contributed by atoms with E-state index in [1.807, 2.05) is 6.07 Å². The van der Waals surface area contributed by atoms with Crippen molar-refractivity contribution in [3.63, 3.8) is 0 Å². The number of nitrogens with zero attached hydrogens (tertiary/aromatic N) is 3. The molecule has 0 unspecified atom stereocenters. The summed E-state index contributed by atoms with van der Waals surface area (Å²) in [5.74, 6) is -4.75. The molecule has 0 bridgehead atoms. The zero-order valence-electron chi connectivity index (χ0n) is 11.1. The molecule has 1 aromatic rings. The number of pyridine rings is 1. The Morgan fingerprint density at radius 3 is 2.62 bits per heavy atom. The number of nitriles is 1. The van der Waals surface area contributed by atoms with Crippen molar-refractivity contribution >= 4 is 11.8 Å². The number of carboxylic acids is 1. The predicted octanol–water partition coefficient (Wildman–Crippen LogP) is 1.96. The summed E-state index contributed by atoms with van der Waals surface area (Å²) < 4.78 is 38.8. The van der Waals surface area contributed by atoms with Gasteiger partial charge >= 0.3 is 12.1 Å². The fourth-order valence-electron chi connectivity index (χ4n) is 2.45. The van der Waals surface area contributed by atoms with Crippen molar-refractivity contribution in [3.05, 3.63) is 23.4 Å². The molecule has 8 heteroatoms. The van der Waals surface area contributed by atoms with E-state index in [0.717, 1.165) is 0 Å². The van der Waals surface area contributed by atoms with Crippen LogP contribution in [0.1, 0.15) is 11.3 Å². The molecule has 1 fully saturated rings. The Morgan fingerprint density at radius 1 is 1.48 bits per heavy atom. The van der Waals surface area contributed by atoms with Gasteiger partial charge in [0.15, 0.2) is 0 Å². The van der Waals surface area contributed by atoms with Crippen LogP contribution in [-0.2, 0) is 4.79 Å². The van der Waals surface area contributed by atoms with Crippen LogP contribution >= 0.6 is 0 Å². The van der Waals surface area contributed by atoms with Crippen molar-refractivity contribution in [2.75, 3.05) is 18.0 Å². The summed E-state index contributed by atoms with van der Waals surface area (Å²) >= 11 is 0. The predicted molar refractivity (Wildman–Crippen MR) is 66.6 cm³/mol. The summed E-state index contributed by atoms with van der Waals surface area (Å²) in [6, 6.07) is 4.78. The van der Waals surface area contributed by atoms with E-state index in [-0.39, 0.29) is 17.9 Å². The highest BCUT2D eigenvalue weighted by Gasteiger charge is 2.52. The molecule has 2 rings (SSSR count). The van der Waals surface area contributed by atoms with E-state index in [9.17, 15) is 18.0 Å². The summed E-state index contributed by atoms with van der Waals surface area (Å²) in [4.78, 5) is 16.4. The minimum Gasteiger partial charge on any atom is -0.481 e. The zero-order chi connectivity index (χ0) is 15.8. The molecule has 1 saturated heterocycles. The number of aromatic nitrogens is 1. The Bertz CT molecular complexity index is 610. The average Bonchev–Trinajstić information content (AvgIpc) is 2.83. The number of aryl methyl sites for hydroxylation is 1. The number of hydrogen-bond acceptors (Lipinski definition) is 4. The van der Waals surface area contributed by atoms with Gasteiger partial charge in [-0.25, -0.2) is 4.98 Å². The molecule has 112 valence electrons. The normalized spacial score (nSPS) is 22.1. The molecule has 21 heavy (non-hydrogen) atoms. The van der Waals surface area contributed by atoms with Gasteiger partial charge in [-0.15, -0.1) is 0 Å². The molecule has 1 aliphatic rings. The van der Waals surface area contributed by atoms with Gasteiger partial charge in [0, 0.05) is 18.8 Å². The van der Waals surface area contributed by atoms with Crippen LogP contribution in [0.4, 0.5) is 19.0 Å². The van der Waals surface area contributed by atoms with E-state index in [1.54, 1.807) is 6.92 Å². The first-order valence-corrected chi connectivity index (χ1v) is 6.15. The highest BCUT2D eigenvalue weighted by molar-refractivity contribution is 5.72. The van der Waals surface area contributed by atoms with Crippen LogP contribution in [0.2, 0.25) is 0 Å². The first kappa shape index (κ1) is 15.1. The van der Waals surface area contributed by atoms with E-state index in [1.165, 1.54) is 17.0 Å². The summed E-state index contributed by atoms with van der Waals surface area (Å²) in [6.45, 7) is 0.874. The van der Waals surface area contributed by atoms with E-state index in [0.29, 0.717) is 5.69 Å². The number of alkyl halides is 3. The molecule has 0 amide bonds. The Balaban J connectivity index is 2.33. The maximum absolute atomic E-state index is 12.9. The number of anilines is 1. The monoisotopic (exact) mass is 299 g/mol. The first-order chi connectivity index (χ1) is 9.72. The summed E-state index contributed by atoms with van der Waals surface area (Å²) in [5, 5.41) is 17.8. The third kappa shape index (κ3) is 3.07. The van der Waals surface area contributed by atoms with Gasteiger partial charge in [0.05, 0.1) is 23.5 Å². The lowest BCUT2D eigenvalue weighted by Crippen LogP contribution is -2.33. The highest BCUT2D eigenvalue weighted by Crippen LogP contribution is 2.39. The number of carbonyl (C=O) groups is 1. The van der Waals surface area contributed by atoms with Crippen LogP contribution in [0, 0.1) is 30.1 Å². The lowest BCUT2D eigenvalue weighted by molar-refractivity contribution is -0.187. The van der Waals surface area contributed by atoms with Crippen molar-refractivity contribution < 1.29 is 23.1 Å². The van der Waals surface area contributed by atoms with Gasteiger partial charge in [-0.05, 0) is 19.1 Å². The standard InChI is InChI=1S/C13H12F3N3O2/c1-7-2-8(4-17)3-11(18-7)19-5-9(12(20)21)10(6-19)13(14,15)16/h2-3,9-10H,5-6H2,1H3,(H,20,21)/t9-,10-/m1/s1. The molecule has 1 aromatic heterocycles. The Hall–Kier alpha value is -2.30. The molecule has 1 N–H and O–H groups in total. The second-order valence-corrected chi connectivity index (χ2v) is 4.97. The smallest absolute Gasteiger partial charge is 0.394 e. The van der Waals surface area contributed by atoms with Gasteiger partial charge in [0.1, 0.15) is 5.82 Å². The van der Waals surface area contributed by atoms with Crippen molar-refractivity contribution in [2.24, 2.45) is 11.8 Å². The third-order valence-electron chi connectivity index (χ3n) is 3.45. The molecule has 5 nitrogen and oxygen atoms in total. The van der Waals surface area contributed by atoms with Crippen molar-refractivity contribution in [1.82, 2.24) is 4.98 Å². The molecule has 1 aliphatic heterocycles. The van der Waals surface area contributed by atoms with Crippen LogP contribution in [0.25, 0.3) is 0 Å². The zero-order valence-corrected chi connectivity index (χ0v) is 11.1. The fraction of sp³-hybridized carbons (Fsp3) is 0.462. The summed E-state index contributed by atoms with van der Waals surface area (Å²) in [7, 11) is 0. The van der Waals surface area contributed by atoms with Gasteiger partial charge in [-0.2, -0.15) is 18.4 Å². The van der Waals surface area contributed by atoms with E-state index >= 15 is 0 Å². The van der Waals surface area contributed by atoms with Crippen LogP contribution < -0.4 is 4.90 Å². The molecule has 0 aromatic carbocycles. The number of hydrogen-bond donors (Lipinski definition) is 1. The van der Waals surface area contributed by atoms with Gasteiger partial charge < -0.3 is 10.0 Å². The maximum Gasteiger partial charge on any atom is 0.394 e. The van der Waals surface area contributed by atoms with Gasteiger partial charge in [0.2, 0.25) is 0 Å². The second kappa shape index (κ2) is 5.24. The topological polar surface area (TPSA) is 77.2 Å². The third-order valence-corrected chi connectivity index (χ3v) is 3.45. The van der Waals surface area contributed by atoms with E-state index < -0.39 is 30.5 Å². The Labute approximate surface area is 118 Å². The summed E-state index contributed by atoms with van der Waals surface area (Å²) in [5.41, 5.74) is 0.770. The molecule has 0 radical (unpaired) electrons. The lowest BCUT2D eigenvalue weighted by Gasteiger charge is -2.19. The van der Waals surface area contributed by atoms with E-state index in [2.05, 4.69) is 4.98 Å². The number of halogens is 3. The largest absolute Gasteiger partial charge is 0.481 e. The Kier molecular flexibility index (Phi) is 3.77. The van der Waals surface area contributed by atoms with E-state index in [4.69, 9.17) is 10.4 Å². The number of rotatable bonds is 2. The SMILES string of the molecule is Cc1cc(C#N)cc(N2C[C@@H](C(F)(F)F)[C@H](C(=O)O)C2)n1. The van der Waals surface area contributed by atoms with Crippen LogP contribution in [0.5, 0.6) is 0 Å². The molecule has 2 heterocycles. The van der Waals surface area contributed by atoms with Crippen molar-refractivity contribution in [2.45, 2.75) is 13.1 Å². The van der Waals surface area contributed by atoms with Gasteiger partial charge in [0.25, 0.3) is 0 Å². The molecule has 2 atom stereocenters. The van der Waals surface area contributed by atoms with Crippen LogP contribution in [0.3, 0.4) is 0 Å². The molecule has 0 aliphatic carbocycles. The average molecular weight is 299 g/mol. The number of carboxylic acid groups (broad SMARTS) is 1. The van der Waals surface area contributed by atoms with Crippen LogP contribution in [0.15, 0.2) is 12.1 Å². The minimum atomic E-state index is -4.58. The summed E-state index contributed by atoms with van der Waals surface area (Å²) in [6.07, 6.45) is -4.58. The maximum atomic E-state index is 12.9. The van der Waals surface area contributed by atoms with Crippen molar-refractivity contribution in [3.8, 4) is 6.07 Å².